The van der Waals surface area contributed by atoms with Crippen molar-refractivity contribution in [3.63, 3.8) is 0 Å². The smallest absolute Gasteiger partial charge is 0.313 e. The fraction of sp³-hybridized carbons (Fsp3) is 0.704. The monoisotopic (exact) mass is 460 g/mol. The Morgan fingerprint density at radius 3 is 2.09 bits per heavy atom. The number of hydrogen-bond donors (Lipinski definition) is 0. The largest absolute Gasteiger partial charge is 0.465 e. The number of carbonyl (C=O) groups excluding carboxylic acids is 4. The van der Waals surface area contributed by atoms with Crippen molar-refractivity contribution < 1.29 is 28.7 Å². The van der Waals surface area contributed by atoms with Gasteiger partial charge in [-0.15, -0.1) is 0 Å². The summed E-state index contributed by atoms with van der Waals surface area (Å²) >= 11 is 0. The quantitative estimate of drug-likeness (QED) is 0.409. The number of carbonyl (C=O) groups is 4. The molecule has 3 heterocycles. The van der Waals surface area contributed by atoms with E-state index in [1.54, 1.807) is 13.8 Å². The zero-order valence-corrected chi connectivity index (χ0v) is 21.1. The van der Waals surface area contributed by atoms with Crippen LogP contribution < -0.4 is 0 Å². The van der Waals surface area contributed by atoms with Crippen molar-refractivity contribution in [2.24, 2.45) is 29.1 Å². The summed E-state index contributed by atoms with van der Waals surface area (Å²) in [6.45, 7) is 19.1. The highest BCUT2D eigenvalue weighted by molar-refractivity contribution is 5.96. The van der Waals surface area contributed by atoms with Crippen molar-refractivity contribution in [3.05, 3.63) is 24.3 Å². The first-order chi connectivity index (χ1) is 15.6. The topological polar surface area (TPSA) is 86.7 Å². The fourth-order valence-corrected chi connectivity index (χ4v) is 6.25. The zero-order chi connectivity index (χ0) is 25.1. The Hall–Kier alpha value is -2.24. The Labute approximate surface area is 198 Å². The van der Waals surface area contributed by atoms with Crippen molar-refractivity contribution in [1.29, 1.82) is 0 Å². The van der Waals surface area contributed by atoms with E-state index >= 15 is 0 Å². The van der Waals surface area contributed by atoms with Gasteiger partial charge in [0.05, 0.1) is 17.9 Å². The Morgan fingerprint density at radius 2 is 1.58 bits per heavy atom. The predicted octanol–water partition coefficient (Wildman–Crippen LogP) is 5.00. The molecule has 4 bridgehead atoms. The van der Waals surface area contributed by atoms with E-state index in [1.807, 2.05) is 27.7 Å². The van der Waals surface area contributed by atoms with Crippen LogP contribution in [0, 0.1) is 29.1 Å². The summed E-state index contributed by atoms with van der Waals surface area (Å²) in [5.41, 5.74) is 0.771. The van der Waals surface area contributed by atoms with Crippen LogP contribution in [0.3, 0.4) is 0 Å². The number of rotatable bonds is 6. The van der Waals surface area contributed by atoms with Gasteiger partial charge in [-0.1, -0.05) is 40.9 Å². The molecule has 3 aliphatic heterocycles. The maximum absolute atomic E-state index is 11.9. The molecule has 0 radical (unpaired) electrons. The Kier molecular flexibility index (Phi) is 8.47. The van der Waals surface area contributed by atoms with Gasteiger partial charge in [-0.25, -0.2) is 0 Å². The van der Waals surface area contributed by atoms with Gasteiger partial charge in [0.1, 0.15) is 5.60 Å². The van der Waals surface area contributed by atoms with Crippen LogP contribution in [0.25, 0.3) is 0 Å². The Balaban J connectivity index is 0.000000214. The van der Waals surface area contributed by atoms with E-state index in [2.05, 4.69) is 13.2 Å². The van der Waals surface area contributed by atoms with Crippen molar-refractivity contribution in [1.82, 2.24) is 0 Å². The molecule has 3 aliphatic carbocycles. The number of ketones is 2. The summed E-state index contributed by atoms with van der Waals surface area (Å²) in [5.74, 6) is 0.870. The van der Waals surface area contributed by atoms with Gasteiger partial charge in [0.2, 0.25) is 0 Å². The maximum Gasteiger partial charge on any atom is 0.313 e. The van der Waals surface area contributed by atoms with Crippen LogP contribution in [0.5, 0.6) is 0 Å². The van der Waals surface area contributed by atoms with Crippen molar-refractivity contribution in [3.8, 4) is 0 Å². The number of fused-ring (bicyclic) bond motifs is 2. The summed E-state index contributed by atoms with van der Waals surface area (Å²) < 4.78 is 10.4. The van der Waals surface area contributed by atoms with Gasteiger partial charge in [0.15, 0.2) is 11.6 Å². The first-order valence-corrected chi connectivity index (χ1v) is 12.4. The lowest BCUT2D eigenvalue weighted by atomic mass is 9.49. The van der Waals surface area contributed by atoms with E-state index in [4.69, 9.17) is 9.47 Å². The second kappa shape index (κ2) is 10.4. The fourth-order valence-electron chi connectivity index (χ4n) is 6.25. The molecule has 33 heavy (non-hydrogen) atoms. The van der Waals surface area contributed by atoms with Crippen LogP contribution in [-0.4, -0.2) is 35.7 Å². The first-order valence-electron chi connectivity index (χ1n) is 12.4. The normalized spacial score (nSPS) is 35.3. The summed E-state index contributed by atoms with van der Waals surface area (Å²) in [4.78, 5) is 45.8. The second-order valence-corrected chi connectivity index (χ2v) is 9.50. The van der Waals surface area contributed by atoms with Gasteiger partial charge in [-0.3, -0.25) is 19.2 Å². The van der Waals surface area contributed by atoms with Crippen LogP contribution >= 0.6 is 0 Å². The van der Waals surface area contributed by atoms with E-state index in [-0.39, 0.29) is 52.8 Å². The van der Waals surface area contributed by atoms with E-state index in [1.165, 1.54) is 0 Å². The molecule has 6 aliphatic rings. The minimum Gasteiger partial charge on any atom is -0.465 e. The molecule has 0 amide bonds. The van der Waals surface area contributed by atoms with E-state index in [9.17, 15) is 19.2 Å². The van der Waals surface area contributed by atoms with Crippen LogP contribution in [-0.2, 0) is 28.7 Å². The van der Waals surface area contributed by atoms with Crippen LogP contribution in [0.1, 0.15) is 80.1 Å². The van der Waals surface area contributed by atoms with Crippen LogP contribution in [0.4, 0.5) is 0 Å². The maximum atomic E-state index is 11.9. The summed E-state index contributed by atoms with van der Waals surface area (Å²) in [6, 6.07) is 0. The molecule has 6 nitrogen and oxygen atoms in total. The predicted molar refractivity (Wildman–Crippen MR) is 126 cm³/mol. The van der Waals surface area contributed by atoms with E-state index in [0.29, 0.717) is 42.4 Å². The molecule has 6 fully saturated rings. The molecule has 0 aromatic rings. The summed E-state index contributed by atoms with van der Waals surface area (Å²) in [5, 5.41) is 0. The molecule has 2 spiro atoms. The minimum absolute atomic E-state index is 0.0234. The van der Waals surface area contributed by atoms with E-state index < -0.39 is 0 Å². The highest BCUT2D eigenvalue weighted by Crippen LogP contribution is 2.81. The molecule has 6 unspecified atom stereocenters. The van der Waals surface area contributed by atoms with Crippen LogP contribution in [0.15, 0.2) is 24.3 Å². The molecule has 0 N–H and O–H groups in total. The van der Waals surface area contributed by atoms with Gasteiger partial charge in [0.25, 0.3) is 0 Å². The highest BCUT2D eigenvalue weighted by Gasteiger charge is 2.86. The minimum atomic E-state index is -0.246. The van der Waals surface area contributed by atoms with Gasteiger partial charge in [-0.2, -0.15) is 0 Å². The lowest BCUT2D eigenvalue weighted by Crippen LogP contribution is -2.58. The van der Waals surface area contributed by atoms with E-state index in [0.717, 1.165) is 19.3 Å². The third-order valence-electron chi connectivity index (χ3n) is 7.73. The average molecular weight is 461 g/mol. The number of hydrogen-bond acceptors (Lipinski definition) is 6. The molecular formula is C27H40O6. The Bertz CT molecular complexity index is 838. The van der Waals surface area contributed by atoms with Gasteiger partial charge >= 0.3 is 11.9 Å². The number of cyclic esters (lactones) is 1. The molecule has 184 valence electrons. The second-order valence-electron chi connectivity index (χ2n) is 9.50. The number of ether oxygens (including phenoxy) is 2. The molecular weight excluding hydrogens is 420 g/mol. The lowest BCUT2D eigenvalue weighted by molar-refractivity contribution is -0.148. The van der Waals surface area contributed by atoms with Crippen molar-refractivity contribution >= 4 is 23.5 Å². The number of Topliss-reactive ketones (excluding diaryl/α,β-unsaturated/α-hetero) is 2. The molecule has 6 atom stereocenters. The molecule has 0 aromatic carbocycles. The third-order valence-corrected chi connectivity index (χ3v) is 7.73. The molecule has 6 heteroatoms. The average Bonchev–Trinajstić information content (AvgIpc) is 3.51. The van der Waals surface area contributed by atoms with Gasteiger partial charge in [0, 0.05) is 31.1 Å². The van der Waals surface area contributed by atoms with Gasteiger partial charge in [-0.05, 0) is 50.2 Å². The number of allylic oxidation sites excluding steroid dienone is 2. The van der Waals surface area contributed by atoms with Crippen molar-refractivity contribution in [2.75, 3.05) is 6.61 Å². The molecule has 3 saturated carbocycles. The first kappa shape index (κ1) is 27.0. The zero-order valence-electron chi connectivity index (χ0n) is 21.1. The third kappa shape index (κ3) is 4.45. The molecule has 6 rings (SSSR count). The number of esters is 2. The summed E-state index contributed by atoms with van der Waals surface area (Å²) in [6.07, 6.45) is 4.40. The summed E-state index contributed by atoms with van der Waals surface area (Å²) in [7, 11) is 0. The lowest BCUT2D eigenvalue weighted by Gasteiger charge is -2.51. The highest BCUT2D eigenvalue weighted by atomic mass is 16.6. The molecule has 3 saturated heterocycles. The van der Waals surface area contributed by atoms with Crippen molar-refractivity contribution in [2.45, 2.75) is 85.7 Å². The standard InChI is InChI=1S/C14H16O3.C9H12O3.2C2H6/c1-7(2)10(15)4-9-8-3-11-13(5-8)6-14(9,11)17-12(13)16;1-6(2)8(10)5-7-3-4-12-9(7)11;2*1-2/h8-9,11H,1,3-6H2,2H3;7H,1,3-5H2,2H3;2*1-2H3. The molecule has 0 aromatic heterocycles. The Morgan fingerprint density at radius 1 is 1.00 bits per heavy atom. The van der Waals surface area contributed by atoms with Crippen LogP contribution in [0.2, 0.25) is 0 Å². The SMILES string of the molecule is C=C(C)C(=O)CC1C2CC3C4(C2)CC13OC4=O.C=C(C)C(=O)CC1CCOC1=O.CC.CC. The van der Waals surface area contributed by atoms with Gasteiger partial charge < -0.3 is 9.47 Å².